The molecule has 0 fully saturated rings. The maximum absolute atomic E-state index is 5.97. The van der Waals surface area contributed by atoms with E-state index in [4.69, 9.17) is 27.9 Å². The number of para-hydroxylation sites is 1. The highest BCUT2D eigenvalue weighted by molar-refractivity contribution is 8.01. The van der Waals surface area contributed by atoms with Crippen molar-refractivity contribution in [2.24, 2.45) is 0 Å². The third-order valence-electron chi connectivity index (χ3n) is 1.81. The molecule has 0 amide bonds. The van der Waals surface area contributed by atoms with E-state index in [2.05, 4.69) is 10.2 Å². The molecule has 0 unspecified atom stereocenters. The highest BCUT2D eigenvalue weighted by Gasteiger charge is 2.06. The SMILES string of the molecule is Clc1cccc(Cl)c1OCCSc1nncs1. The lowest BCUT2D eigenvalue weighted by molar-refractivity contribution is 0.344. The largest absolute Gasteiger partial charge is 0.490 e. The number of halogens is 2. The summed E-state index contributed by atoms with van der Waals surface area (Å²) in [7, 11) is 0. The van der Waals surface area contributed by atoms with E-state index in [0.717, 1.165) is 10.1 Å². The van der Waals surface area contributed by atoms with Crippen molar-refractivity contribution in [3.63, 3.8) is 0 Å². The van der Waals surface area contributed by atoms with Crippen LogP contribution in [-0.4, -0.2) is 22.6 Å². The predicted molar refractivity (Wildman–Crippen MR) is 72.6 cm³/mol. The third kappa shape index (κ3) is 3.74. The number of hydrogen-bond acceptors (Lipinski definition) is 5. The number of aromatic nitrogens is 2. The quantitative estimate of drug-likeness (QED) is 0.617. The second-order valence-corrected chi connectivity index (χ2v) is 5.94. The Morgan fingerprint density at radius 3 is 2.71 bits per heavy atom. The van der Waals surface area contributed by atoms with Crippen LogP contribution in [0.25, 0.3) is 0 Å². The van der Waals surface area contributed by atoms with Gasteiger partial charge in [-0.25, -0.2) is 0 Å². The van der Waals surface area contributed by atoms with E-state index in [9.17, 15) is 0 Å². The molecule has 2 aromatic rings. The highest BCUT2D eigenvalue weighted by Crippen LogP contribution is 2.32. The number of nitrogens with zero attached hydrogens (tertiary/aromatic N) is 2. The highest BCUT2D eigenvalue weighted by atomic mass is 35.5. The van der Waals surface area contributed by atoms with Crippen LogP contribution in [0.3, 0.4) is 0 Å². The molecule has 0 saturated carbocycles. The van der Waals surface area contributed by atoms with E-state index in [1.807, 2.05) is 0 Å². The summed E-state index contributed by atoms with van der Waals surface area (Å²) >= 11 is 15.0. The van der Waals surface area contributed by atoms with Crippen LogP contribution in [0.15, 0.2) is 28.0 Å². The molecule has 0 atom stereocenters. The molecule has 2 rings (SSSR count). The van der Waals surface area contributed by atoms with E-state index in [1.165, 1.54) is 11.3 Å². The summed E-state index contributed by atoms with van der Waals surface area (Å²) in [5.41, 5.74) is 1.70. The van der Waals surface area contributed by atoms with Crippen molar-refractivity contribution >= 4 is 46.3 Å². The van der Waals surface area contributed by atoms with E-state index >= 15 is 0 Å². The molecule has 7 heteroatoms. The Morgan fingerprint density at radius 2 is 2.06 bits per heavy atom. The second kappa shape index (κ2) is 6.44. The van der Waals surface area contributed by atoms with Crippen LogP contribution in [0, 0.1) is 0 Å². The second-order valence-electron chi connectivity index (χ2n) is 2.95. The number of rotatable bonds is 5. The molecule has 17 heavy (non-hydrogen) atoms. The molecular weight excluding hydrogens is 299 g/mol. The molecule has 90 valence electrons. The fraction of sp³-hybridized carbons (Fsp3) is 0.200. The average molecular weight is 307 g/mol. The molecule has 0 radical (unpaired) electrons. The zero-order chi connectivity index (χ0) is 12.1. The number of ether oxygens (including phenoxy) is 1. The molecule has 1 aromatic carbocycles. The van der Waals surface area contributed by atoms with Crippen LogP contribution in [0.1, 0.15) is 0 Å². The minimum atomic E-state index is 0.522. The normalized spacial score (nSPS) is 10.5. The molecule has 3 nitrogen and oxygen atoms in total. The zero-order valence-electron chi connectivity index (χ0n) is 8.60. The van der Waals surface area contributed by atoms with E-state index in [-0.39, 0.29) is 0 Å². The Kier molecular flexibility index (Phi) is 4.91. The summed E-state index contributed by atoms with van der Waals surface area (Å²) in [5.74, 6) is 1.31. The van der Waals surface area contributed by atoms with Crippen LogP contribution in [-0.2, 0) is 0 Å². The summed E-state index contributed by atoms with van der Waals surface area (Å²) in [6.45, 7) is 0.522. The molecule has 0 aliphatic heterocycles. The van der Waals surface area contributed by atoms with Gasteiger partial charge in [0.15, 0.2) is 10.1 Å². The summed E-state index contributed by atoms with van der Waals surface area (Å²) in [6.07, 6.45) is 0. The van der Waals surface area contributed by atoms with E-state index < -0.39 is 0 Å². The first-order valence-corrected chi connectivity index (χ1v) is 7.35. The van der Waals surface area contributed by atoms with Crippen molar-refractivity contribution < 1.29 is 4.74 Å². The van der Waals surface area contributed by atoms with Gasteiger partial charge in [-0.15, -0.1) is 10.2 Å². The lowest BCUT2D eigenvalue weighted by Gasteiger charge is -2.08. The van der Waals surface area contributed by atoms with Crippen molar-refractivity contribution in [3.8, 4) is 5.75 Å². The molecule has 0 spiro atoms. The van der Waals surface area contributed by atoms with Gasteiger partial charge in [-0.2, -0.15) is 0 Å². The van der Waals surface area contributed by atoms with Crippen molar-refractivity contribution in [1.82, 2.24) is 10.2 Å². The standard InChI is InChI=1S/C10H8Cl2N2OS2/c11-7-2-1-3-8(12)9(7)15-4-5-16-10-14-13-6-17-10/h1-3,6H,4-5H2. The van der Waals surface area contributed by atoms with Gasteiger partial charge in [-0.05, 0) is 12.1 Å². The van der Waals surface area contributed by atoms with Gasteiger partial charge in [0.2, 0.25) is 0 Å². The Morgan fingerprint density at radius 1 is 1.29 bits per heavy atom. The van der Waals surface area contributed by atoms with Gasteiger partial charge in [0.05, 0.1) is 16.7 Å². The number of hydrogen-bond donors (Lipinski definition) is 0. The van der Waals surface area contributed by atoms with Crippen LogP contribution < -0.4 is 4.74 Å². The minimum Gasteiger partial charge on any atom is -0.490 e. The zero-order valence-corrected chi connectivity index (χ0v) is 11.7. The first kappa shape index (κ1) is 13.0. The first-order valence-electron chi connectivity index (χ1n) is 4.73. The number of thioether (sulfide) groups is 1. The van der Waals surface area contributed by atoms with Gasteiger partial charge in [0.25, 0.3) is 0 Å². The maximum Gasteiger partial charge on any atom is 0.174 e. The summed E-state index contributed by atoms with van der Waals surface area (Å²) in [5, 5.41) is 8.72. The van der Waals surface area contributed by atoms with Crippen molar-refractivity contribution in [3.05, 3.63) is 33.8 Å². The summed E-state index contributed by atoms with van der Waals surface area (Å²) in [4.78, 5) is 0. The maximum atomic E-state index is 5.97. The first-order chi connectivity index (χ1) is 8.27. The molecular formula is C10H8Cl2N2OS2. The lowest BCUT2D eigenvalue weighted by atomic mass is 10.3. The molecule has 0 bridgehead atoms. The Hall–Kier alpha value is -0.490. The van der Waals surface area contributed by atoms with Gasteiger partial charge in [-0.1, -0.05) is 52.4 Å². The fourth-order valence-electron chi connectivity index (χ4n) is 1.12. The van der Waals surface area contributed by atoms with Gasteiger partial charge >= 0.3 is 0 Å². The van der Waals surface area contributed by atoms with Gasteiger partial charge in [0, 0.05) is 5.75 Å². The smallest absolute Gasteiger partial charge is 0.174 e. The molecule has 0 aliphatic rings. The fourth-order valence-corrected chi connectivity index (χ4v) is 3.00. The average Bonchev–Trinajstić information content (AvgIpc) is 2.80. The Bertz CT molecular complexity index is 459. The molecule has 1 heterocycles. The van der Waals surface area contributed by atoms with Crippen molar-refractivity contribution in [1.29, 1.82) is 0 Å². The van der Waals surface area contributed by atoms with Crippen molar-refractivity contribution in [2.75, 3.05) is 12.4 Å². The van der Waals surface area contributed by atoms with Crippen LogP contribution in [0.5, 0.6) is 5.75 Å². The molecule has 0 saturated heterocycles. The lowest BCUT2D eigenvalue weighted by Crippen LogP contribution is -2.01. The van der Waals surface area contributed by atoms with Crippen LogP contribution >= 0.6 is 46.3 Å². The van der Waals surface area contributed by atoms with Crippen LogP contribution in [0.4, 0.5) is 0 Å². The van der Waals surface area contributed by atoms with Crippen molar-refractivity contribution in [2.45, 2.75) is 4.34 Å². The minimum absolute atomic E-state index is 0.522. The predicted octanol–water partition coefficient (Wildman–Crippen LogP) is 4.02. The summed E-state index contributed by atoms with van der Waals surface area (Å²) < 4.78 is 6.47. The van der Waals surface area contributed by atoms with Crippen LogP contribution in [0.2, 0.25) is 10.0 Å². The van der Waals surface area contributed by atoms with Gasteiger partial charge < -0.3 is 4.74 Å². The van der Waals surface area contributed by atoms with E-state index in [0.29, 0.717) is 22.4 Å². The molecule has 0 aliphatic carbocycles. The number of benzene rings is 1. The van der Waals surface area contributed by atoms with Gasteiger partial charge in [0.1, 0.15) is 5.51 Å². The Labute approximate surface area is 117 Å². The molecule has 1 aromatic heterocycles. The third-order valence-corrected chi connectivity index (χ3v) is 4.23. The topological polar surface area (TPSA) is 35.0 Å². The van der Waals surface area contributed by atoms with Gasteiger partial charge in [-0.3, -0.25) is 0 Å². The van der Waals surface area contributed by atoms with E-state index in [1.54, 1.807) is 35.5 Å². The summed E-state index contributed by atoms with van der Waals surface area (Å²) in [6, 6.07) is 5.29. The molecule has 0 N–H and O–H groups in total. The monoisotopic (exact) mass is 306 g/mol. The Balaban J connectivity index is 1.82.